The lowest BCUT2D eigenvalue weighted by molar-refractivity contribution is -0.132. The maximum absolute atomic E-state index is 11.7. The summed E-state index contributed by atoms with van der Waals surface area (Å²) in [4.78, 5) is 13.2. The third kappa shape index (κ3) is 3.03. The van der Waals surface area contributed by atoms with Gasteiger partial charge in [0.05, 0.1) is 5.69 Å². The standard InChI is InChI=1S/C10H18N4O2/c1-8(10(16)13(2)3)14-7-9(11-12-14)5-4-6-15/h7-8,15H,4-6H2,1-3H3. The van der Waals surface area contributed by atoms with Gasteiger partial charge < -0.3 is 10.0 Å². The number of hydrogen-bond acceptors (Lipinski definition) is 4. The zero-order valence-corrected chi connectivity index (χ0v) is 9.92. The number of nitrogens with zero attached hydrogens (tertiary/aromatic N) is 4. The van der Waals surface area contributed by atoms with Crippen molar-refractivity contribution >= 4 is 5.91 Å². The lowest BCUT2D eigenvalue weighted by Crippen LogP contribution is -2.30. The number of aryl methyl sites for hydroxylation is 1. The topological polar surface area (TPSA) is 71.2 Å². The van der Waals surface area contributed by atoms with Crippen LogP contribution in [-0.4, -0.2) is 51.6 Å². The zero-order valence-electron chi connectivity index (χ0n) is 9.92. The third-order valence-electron chi connectivity index (χ3n) is 2.34. The van der Waals surface area contributed by atoms with Crippen LogP contribution in [0.3, 0.4) is 0 Å². The number of aromatic nitrogens is 3. The summed E-state index contributed by atoms with van der Waals surface area (Å²) >= 11 is 0. The molecule has 1 unspecified atom stereocenters. The average Bonchev–Trinajstić information content (AvgIpc) is 2.72. The van der Waals surface area contributed by atoms with Gasteiger partial charge in [0.25, 0.3) is 0 Å². The highest BCUT2D eigenvalue weighted by Gasteiger charge is 2.17. The lowest BCUT2D eigenvalue weighted by atomic mass is 10.2. The van der Waals surface area contributed by atoms with Crippen LogP contribution in [0.5, 0.6) is 0 Å². The number of aliphatic hydroxyl groups is 1. The van der Waals surface area contributed by atoms with Gasteiger partial charge >= 0.3 is 0 Å². The second-order valence-electron chi connectivity index (χ2n) is 3.93. The smallest absolute Gasteiger partial charge is 0.246 e. The molecule has 16 heavy (non-hydrogen) atoms. The SMILES string of the molecule is CC(C(=O)N(C)C)n1cc(CCCO)nn1. The lowest BCUT2D eigenvalue weighted by Gasteiger charge is -2.16. The van der Waals surface area contributed by atoms with E-state index in [1.165, 1.54) is 4.90 Å². The molecule has 0 saturated heterocycles. The van der Waals surface area contributed by atoms with E-state index in [9.17, 15) is 4.79 Å². The van der Waals surface area contributed by atoms with Crippen LogP contribution in [0.2, 0.25) is 0 Å². The molecule has 6 heteroatoms. The van der Waals surface area contributed by atoms with Crippen molar-refractivity contribution in [3.8, 4) is 0 Å². The van der Waals surface area contributed by atoms with Crippen molar-refractivity contribution in [3.05, 3.63) is 11.9 Å². The minimum Gasteiger partial charge on any atom is -0.396 e. The maximum atomic E-state index is 11.7. The van der Waals surface area contributed by atoms with Crippen molar-refractivity contribution in [2.75, 3.05) is 20.7 Å². The quantitative estimate of drug-likeness (QED) is 0.758. The first kappa shape index (κ1) is 12.6. The van der Waals surface area contributed by atoms with E-state index in [1.807, 2.05) is 0 Å². The predicted molar refractivity (Wildman–Crippen MR) is 58.8 cm³/mol. The largest absolute Gasteiger partial charge is 0.396 e. The molecule has 6 nitrogen and oxygen atoms in total. The summed E-state index contributed by atoms with van der Waals surface area (Å²) in [5.41, 5.74) is 0.799. The Morgan fingerprint density at radius 1 is 1.62 bits per heavy atom. The predicted octanol–water partition coefficient (Wildman–Crippen LogP) is -0.148. The van der Waals surface area contributed by atoms with E-state index in [0.29, 0.717) is 12.8 Å². The molecule has 0 spiro atoms. The first-order chi connectivity index (χ1) is 7.56. The second-order valence-corrected chi connectivity index (χ2v) is 3.93. The summed E-state index contributed by atoms with van der Waals surface area (Å²) in [5.74, 6) is -0.0152. The minimum absolute atomic E-state index is 0.0152. The molecule has 0 aromatic carbocycles. The van der Waals surface area contributed by atoms with Gasteiger partial charge in [-0.3, -0.25) is 4.79 Å². The molecule has 1 amide bonds. The molecule has 1 rings (SSSR count). The van der Waals surface area contributed by atoms with Crippen molar-refractivity contribution in [1.82, 2.24) is 19.9 Å². The molecule has 1 aromatic rings. The van der Waals surface area contributed by atoms with E-state index >= 15 is 0 Å². The van der Waals surface area contributed by atoms with Crippen LogP contribution in [0, 0.1) is 0 Å². The number of likely N-dealkylation sites (N-methyl/N-ethyl adjacent to an activating group) is 1. The number of aliphatic hydroxyl groups excluding tert-OH is 1. The summed E-state index contributed by atoms with van der Waals surface area (Å²) in [6, 6.07) is -0.342. The van der Waals surface area contributed by atoms with Gasteiger partial charge in [0.1, 0.15) is 6.04 Å². The van der Waals surface area contributed by atoms with E-state index in [1.54, 1.807) is 31.9 Å². The van der Waals surface area contributed by atoms with Crippen LogP contribution in [-0.2, 0) is 11.2 Å². The van der Waals surface area contributed by atoms with Gasteiger partial charge in [-0.15, -0.1) is 5.10 Å². The van der Waals surface area contributed by atoms with Crippen LogP contribution in [0.1, 0.15) is 25.1 Å². The van der Waals surface area contributed by atoms with E-state index in [-0.39, 0.29) is 18.6 Å². The van der Waals surface area contributed by atoms with Gasteiger partial charge in [0.2, 0.25) is 5.91 Å². The first-order valence-electron chi connectivity index (χ1n) is 5.29. The second kappa shape index (κ2) is 5.60. The van der Waals surface area contributed by atoms with Gasteiger partial charge in [-0.1, -0.05) is 5.21 Å². The highest BCUT2D eigenvalue weighted by atomic mass is 16.2. The molecular weight excluding hydrogens is 208 g/mol. The Hall–Kier alpha value is -1.43. The van der Waals surface area contributed by atoms with Crippen LogP contribution in [0.15, 0.2) is 6.20 Å². The van der Waals surface area contributed by atoms with Gasteiger partial charge in [-0.25, -0.2) is 4.68 Å². The van der Waals surface area contributed by atoms with Crippen molar-refractivity contribution < 1.29 is 9.90 Å². The summed E-state index contributed by atoms with van der Waals surface area (Å²) in [6.45, 7) is 1.92. The molecule has 90 valence electrons. The normalized spacial score (nSPS) is 12.5. The Kier molecular flexibility index (Phi) is 4.42. The molecular formula is C10H18N4O2. The number of carbonyl (C=O) groups is 1. The number of rotatable bonds is 5. The molecule has 1 heterocycles. The molecule has 0 saturated carbocycles. The van der Waals surface area contributed by atoms with Crippen molar-refractivity contribution in [1.29, 1.82) is 0 Å². The number of carbonyl (C=O) groups excluding carboxylic acids is 1. The molecule has 0 bridgehead atoms. The van der Waals surface area contributed by atoms with Gasteiger partial charge in [-0.05, 0) is 19.8 Å². The summed E-state index contributed by atoms with van der Waals surface area (Å²) in [7, 11) is 3.42. The molecule has 1 atom stereocenters. The maximum Gasteiger partial charge on any atom is 0.246 e. The molecule has 1 N–H and O–H groups in total. The third-order valence-corrected chi connectivity index (χ3v) is 2.34. The highest BCUT2D eigenvalue weighted by molar-refractivity contribution is 5.79. The highest BCUT2D eigenvalue weighted by Crippen LogP contribution is 2.08. The fourth-order valence-electron chi connectivity index (χ4n) is 1.36. The fraction of sp³-hybridized carbons (Fsp3) is 0.700. The molecule has 0 fully saturated rings. The number of amides is 1. The Labute approximate surface area is 94.9 Å². The van der Waals surface area contributed by atoms with Gasteiger partial charge in [-0.2, -0.15) is 0 Å². The molecule has 1 aromatic heterocycles. The summed E-state index contributed by atoms with van der Waals surface area (Å²) in [5, 5.41) is 16.5. The Morgan fingerprint density at radius 2 is 2.31 bits per heavy atom. The van der Waals surface area contributed by atoms with Crippen molar-refractivity contribution in [3.63, 3.8) is 0 Å². The molecule has 0 aliphatic rings. The monoisotopic (exact) mass is 226 g/mol. The van der Waals surface area contributed by atoms with E-state index < -0.39 is 0 Å². The average molecular weight is 226 g/mol. The molecule has 0 radical (unpaired) electrons. The van der Waals surface area contributed by atoms with Gasteiger partial charge in [0.15, 0.2) is 0 Å². The fourth-order valence-corrected chi connectivity index (χ4v) is 1.36. The number of hydrogen-bond donors (Lipinski definition) is 1. The first-order valence-corrected chi connectivity index (χ1v) is 5.29. The van der Waals surface area contributed by atoms with Crippen LogP contribution >= 0.6 is 0 Å². The Morgan fingerprint density at radius 3 is 2.88 bits per heavy atom. The van der Waals surface area contributed by atoms with Crippen molar-refractivity contribution in [2.24, 2.45) is 0 Å². The molecule has 0 aliphatic carbocycles. The van der Waals surface area contributed by atoms with E-state index in [2.05, 4.69) is 10.3 Å². The Bertz CT molecular complexity index is 348. The van der Waals surface area contributed by atoms with E-state index in [0.717, 1.165) is 5.69 Å². The van der Waals surface area contributed by atoms with Crippen LogP contribution < -0.4 is 0 Å². The van der Waals surface area contributed by atoms with Crippen LogP contribution in [0.4, 0.5) is 0 Å². The van der Waals surface area contributed by atoms with Crippen LogP contribution in [0.25, 0.3) is 0 Å². The minimum atomic E-state index is -0.342. The summed E-state index contributed by atoms with van der Waals surface area (Å²) < 4.78 is 1.55. The van der Waals surface area contributed by atoms with Gasteiger partial charge in [0, 0.05) is 26.9 Å². The van der Waals surface area contributed by atoms with Crippen molar-refractivity contribution in [2.45, 2.75) is 25.8 Å². The summed E-state index contributed by atoms with van der Waals surface area (Å²) in [6.07, 6.45) is 3.09. The molecule has 0 aliphatic heterocycles. The Balaban J connectivity index is 2.66. The van der Waals surface area contributed by atoms with E-state index in [4.69, 9.17) is 5.11 Å². The zero-order chi connectivity index (χ0) is 12.1.